The Labute approximate surface area is 155 Å². The molecule has 1 aliphatic heterocycles. The van der Waals surface area contributed by atoms with Crippen LogP contribution < -0.4 is 16.0 Å². The van der Waals surface area contributed by atoms with Crippen LogP contribution >= 0.6 is 0 Å². The number of nitrogens with zero attached hydrogens (tertiary/aromatic N) is 2. The number of carbonyl (C=O) groups is 2. The number of nitrogens with one attached hydrogen (secondary N) is 4. The first kappa shape index (κ1) is 17.2. The predicted molar refractivity (Wildman–Crippen MR) is 101 cm³/mol. The number of rotatable bonds is 4. The van der Waals surface area contributed by atoms with Crippen LogP contribution in [-0.4, -0.2) is 39.6 Å². The zero-order valence-electron chi connectivity index (χ0n) is 14.9. The second-order valence-electron chi connectivity index (χ2n) is 6.56. The van der Waals surface area contributed by atoms with Gasteiger partial charge in [0.25, 0.3) is 5.91 Å². The van der Waals surface area contributed by atoms with Gasteiger partial charge in [-0.3, -0.25) is 19.7 Å². The summed E-state index contributed by atoms with van der Waals surface area (Å²) >= 11 is 0. The second-order valence-corrected chi connectivity index (χ2v) is 6.56. The molecule has 0 radical (unpaired) electrons. The lowest BCUT2D eigenvalue weighted by Crippen LogP contribution is -2.41. The summed E-state index contributed by atoms with van der Waals surface area (Å²) in [4.78, 5) is 29.3. The molecule has 4 N–H and O–H groups in total. The van der Waals surface area contributed by atoms with Gasteiger partial charge in [0.2, 0.25) is 5.91 Å². The molecule has 27 heavy (non-hydrogen) atoms. The number of hydrogen-bond donors (Lipinski definition) is 4. The molecule has 0 saturated heterocycles. The van der Waals surface area contributed by atoms with Crippen LogP contribution in [0.3, 0.4) is 0 Å². The molecule has 1 aromatic carbocycles. The van der Waals surface area contributed by atoms with Crippen molar-refractivity contribution in [1.82, 2.24) is 25.8 Å². The topological polar surface area (TPSA) is 112 Å². The fourth-order valence-electron chi connectivity index (χ4n) is 3.13. The maximum Gasteiger partial charge on any atom is 0.273 e. The van der Waals surface area contributed by atoms with E-state index in [4.69, 9.17) is 0 Å². The highest BCUT2D eigenvalue weighted by atomic mass is 16.2. The van der Waals surface area contributed by atoms with Crippen molar-refractivity contribution in [3.63, 3.8) is 0 Å². The van der Waals surface area contributed by atoms with Crippen molar-refractivity contribution in [2.24, 2.45) is 0 Å². The summed E-state index contributed by atoms with van der Waals surface area (Å²) in [7, 11) is 0. The summed E-state index contributed by atoms with van der Waals surface area (Å²) in [6.45, 7) is 3.29. The van der Waals surface area contributed by atoms with E-state index in [1.807, 2.05) is 30.3 Å². The zero-order chi connectivity index (χ0) is 18.8. The summed E-state index contributed by atoms with van der Waals surface area (Å²) < 4.78 is 0. The Balaban J connectivity index is 1.42. The highest BCUT2D eigenvalue weighted by Gasteiger charge is 2.20. The third-order valence-corrected chi connectivity index (χ3v) is 4.61. The summed E-state index contributed by atoms with van der Waals surface area (Å²) in [5, 5.41) is 16.4. The third kappa shape index (κ3) is 3.52. The van der Waals surface area contributed by atoms with Gasteiger partial charge in [-0.1, -0.05) is 18.2 Å². The Morgan fingerprint density at radius 3 is 3.00 bits per heavy atom. The number of anilines is 1. The molecule has 3 aromatic rings. The zero-order valence-corrected chi connectivity index (χ0v) is 14.9. The summed E-state index contributed by atoms with van der Waals surface area (Å²) in [5.41, 5.74) is 3.80. The minimum atomic E-state index is -0.720. The number of amides is 2. The van der Waals surface area contributed by atoms with Gasteiger partial charge in [0.15, 0.2) is 5.69 Å². The van der Waals surface area contributed by atoms with Gasteiger partial charge in [0.05, 0.1) is 17.4 Å². The monoisotopic (exact) mass is 364 g/mol. The van der Waals surface area contributed by atoms with Gasteiger partial charge in [0.1, 0.15) is 6.04 Å². The lowest BCUT2D eigenvalue weighted by Gasteiger charge is -2.18. The average Bonchev–Trinajstić information content (AvgIpc) is 3.12. The second kappa shape index (κ2) is 7.16. The molecule has 0 saturated carbocycles. The first-order chi connectivity index (χ1) is 13.1. The molecule has 4 rings (SSSR count). The molecule has 0 spiro atoms. The lowest BCUT2D eigenvalue weighted by atomic mass is 10.1. The summed E-state index contributed by atoms with van der Waals surface area (Å²) in [6.07, 6.45) is 2.53. The van der Waals surface area contributed by atoms with Gasteiger partial charge < -0.3 is 16.0 Å². The van der Waals surface area contributed by atoms with Crippen molar-refractivity contribution in [3.05, 3.63) is 53.5 Å². The van der Waals surface area contributed by atoms with E-state index in [0.717, 1.165) is 36.3 Å². The van der Waals surface area contributed by atoms with E-state index in [2.05, 4.69) is 31.1 Å². The van der Waals surface area contributed by atoms with Crippen LogP contribution in [-0.2, 0) is 17.8 Å². The Kier molecular flexibility index (Phi) is 4.55. The summed E-state index contributed by atoms with van der Waals surface area (Å²) in [5.74, 6) is -0.712. The first-order valence-electron chi connectivity index (χ1n) is 8.85. The normalized spacial score (nSPS) is 14.4. The van der Waals surface area contributed by atoms with Crippen molar-refractivity contribution in [2.45, 2.75) is 25.9 Å². The van der Waals surface area contributed by atoms with Crippen LogP contribution in [0, 0.1) is 0 Å². The van der Waals surface area contributed by atoms with Gasteiger partial charge >= 0.3 is 0 Å². The third-order valence-electron chi connectivity index (χ3n) is 4.61. The number of hydrogen-bond acceptors (Lipinski definition) is 5. The van der Waals surface area contributed by atoms with E-state index < -0.39 is 11.9 Å². The van der Waals surface area contributed by atoms with Gasteiger partial charge in [-0.25, -0.2) is 0 Å². The molecule has 1 aliphatic rings. The maximum absolute atomic E-state index is 12.5. The standard InChI is InChI=1S/C19H20N6O2/c1-11(22-19(27)17-14-4-2-3-5-16(14)24-25-17)18(26)23-13-8-12-9-20-7-6-15(12)21-10-13/h2-5,8,10-11,20H,6-7,9H2,1H3,(H,22,27)(H,23,26)(H,24,25). The minimum absolute atomic E-state index is 0.270. The Hall–Kier alpha value is -3.26. The van der Waals surface area contributed by atoms with Crippen molar-refractivity contribution in [1.29, 1.82) is 0 Å². The Morgan fingerprint density at radius 2 is 2.11 bits per heavy atom. The van der Waals surface area contributed by atoms with E-state index >= 15 is 0 Å². The van der Waals surface area contributed by atoms with Gasteiger partial charge in [-0.05, 0) is 24.6 Å². The molecule has 8 nitrogen and oxygen atoms in total. The maximum atomic E-state index is 12.5. The quantitative estimate of drug-likeness (QED) is 0.558. The molecule has 2 aromatic heterocycles. The Morgan fingerprint density at radius 1 is 1.26 bits per heavy atom. The number of aromatic nitrogens is 3. The number of aromatic amines is 1. The number of H-pyrrole nitrogens is 1. The van der Waals surface area contributed by atoms with Crippen LogP contribution in [0.15, 0.2) is 36.5 Å². The van der Waals surface area contributed by atoms with Crippen molar-refractivity contribution in [2.75, 3.05) is 11.9 Å². The van der Waals surface area contributed by atoms with E-state index in [-0.39, 0.29) is 11.6 Å². The smallest absolute Gasteiger partial charge is 0.273 e. The fourth-order valence-corrected chi connectivity index (χ4v) is 3.13. The highest BCUT2D eigenvalue weighted by molar-refractivity contribution is 6.06. The molecule has 2 amide bonds. The molecular formula is C19H20N6O2. The van der Waals surface area contributed by atoms with E-state index in [1.54, 1.807) is 13.1 Å². The highest BCUT2D eigenvalue weighted by Crippen LogP contribution is 2.17. The molecule has 1 atom stereocenters. The number of para-hydroxylation sites is 1. The Bertz CT molecular complexity index is 1010. The fraction of sp³-hybridized carbons (Fsp3) is 0.263. The SMILES string of the molecule is CC(NC(=O)c1n[nH]c2ccccc12)C(=O)Nc1cnc2c(c1)CNCC2. The van der Waals surface area contributed by atoms with Crippen LogP contribution in [0.1, 0.15) is 28.7 Å². The molecule has 0 fully saturated rings. The van der Waals surface area contributed by atoms with Crippen molar-refractivity contribution >= 4 is 28.4 Å². The van der Waals surface area contributed by atoms with Crippen LogP contribution in [0.4, 0.5) is 5.69 Å². The predicted octanol–water partition coefficient (Wildman–Crippen LogP) is 1.36. The molecule has 0 aliphatic carbocycles. The number of benzene rings is 1. The van der Waals surface area contributed by atoms with Crippen molar-refractivity contribution in [3.8, 4) is 0 Å². The molecule has 0 bridgehead atoms. The van der Waals surface area contributed by atoms with Crippen molar-refractivity contribution < 1.29 is 9.59 Å². The van der Waals surface area contributed by atoms with E-state index in [0.29, 0.717) is 11.1 Å². The van der Waals surface area contributed by atoms with Crippen LogP contribution in [0.25, 0.3) is 10.9 Å². The minimum Gasteiger partial charge on any atom is -0.339 e. The lowest BCUT2D eigenvalue weighted by molar-refractivity contribution is -0.117. The van der Waals surface area contributed by atoms with Gasteiger partial charge in [-0.2, -0.15) is 5.10 Å². The average molecular weight is 364 g/mol. The summed E-state index contributed by atoms with van der Waals surface area (Å²) in [6, 6.07) is 8.55. The molecule has 1 unspecified atom stereocenters. The van der Waals surface area contributed by atoms with Crippen LogP contribution in [0.2, 0.25) is 0 Å². The number of pyridine rings is 1. The van der Waals surface area contributed by atoms with E-state index in [1.165, 1.54) is 0 Å². The molecule has 3 heterocycles. The first-order valence-corrected chi connectivity index (χ1v) is 8.85. The number of carbonyl (C=O) groups excluding carboxylic acids is 2. The van der Waals surface area contributed by atoms with Crippen LogP contribution in [0.5, 0.6) is 0 Å². The molecule has 138 valence electrons. The van der Waals surface area contributed by atoms with E-state index in [9.17, 15) is 9.59 Å². The molecular weight excluding hydrogens is 344 g/mol. The molecule has 8 heteroatoms. The van der Waals surface area contributed by atoms with Gasteiger partial charge in [-0.15, -0.1) is 0 Å². The number of fused-ring (bicyclic) bond motifs is 2. The largest absolute Gasteiger partial charge is 0.339 e. The van der Waals surface area contributed by atoms with Gasteiger partial charge in [0, 0.05) is 30.6 Å².